The molecule has 0 radical (unpaired) electrons. The zero-order valence-electron chi connectivity index (χ0n) is 27.9. The number of piperidine rings is 1. The van der Waals surface area contributed by atoms with Gasteiger partial charge in [-0.15, -0.1) is 0 Å². The van der Waals surface area contributed by atoms with Gasteiger partial charge in [-0.2, -0.15) is 0 Å². The number of primary amides is 1. The van der Waals surface area contributed by atoms with Gasteiger partial charge in [0.15, 0.2) is 0 Å². The molecule has 0 bridgehead atoms. The third-order valence-electron chi connectivity index (χ3n) is 9.92. The fourth-order valence-electron chi connectivity index (χ4n) is 7.19. The molecule has 0 spiro atoms. The summed E-state index contributed by atoms with van der Waals surface area (Å²) in [5.74, 6) is -3.34. The van der Waals surface area contributed by atoms with Crippen LogP contribution in [0.2, 0.25) is 0 Å². The summed E-state index contributed by atoms with van der Waals surface area (Å²) in [5, 5.41) is 10.9. The van der Waals surface area contributed by atoms with E-state index in [-0.39, 0.29) is 36.2 Å². The largest absolute Gasteiger partial charge is 0.447 e. The summed E-state index contributed by atoms with van der Waals surface area (Å²) in [6.45, 7) is 13.8. The van der Waals surface area contributed by atoms with E-state index in [0.717, 1.165) is 11.1 Å². The topological polar surface area (TPSA) is 189 Å². The van der Waals surface area contributed by atoms with E-state index in [1.807, 2.05) is 45.0 Å². The Hall–Kier alpha value is -4.42. The molecule has 47 heavy (non-hydrogen) atoms. The fourth-order valence-corrected chi connectivity index (χ4v) is 7.19. The van der Waals surface area contributed by atoms with Gasteiger partial charge in [0.25, 0.3) is 5.91 Å². The number of rotatable bonds is 14. The van der Waals surface area contributed by atoms with Gasteiger partial charge in [-0.05, 0) is 67.4 Å². The van der Waals surface area contributed by atoms with E-state index in [9.17, 15) is 28.8 Å². The standard InChI is InChI=1S/C34H48N6O7/c1-7-11-23(28(41)29(35)42)37-30(43)27-25-22(34(25,5)6)16-40(27)31(44)26(21-14-19-12-9-10-13-20(19)15-21)39-32(45)38-24(18(3)4)17-47-33(46)36-8-2/h9-10,12-13,21-27H,3,7-8,11,14-17H2,1-2,4-6H3,(H2,35,42)(H,36,46)(H,37,43)(H2,38,39,45)/t22-,23?,24+,25-,26-,27-/m0/s1. The molecule has 13 heteroatoms. The van der Waals surface area contributed by atoms with Crippen LogP contribution in [0.5, 0.6) is 0 Å². The van der Waals surface area contributed by atoms with E-state index in [4.69, 9.17) is 10.5 Å². The quantitative estimate of drug-likeness (QED) is 0.149. The maximum Gasteiger partial charge on any atom is 0.407 e. The van der Waals surface area contributed by atoms with E-state index in [0.29, 0.717) is 37.9 Å². The number of alkyl carbamates (subject to hydrolysis) is 1. The highest BCUT2D eigenvalue weighted by Gasteiger charge is 2.69. The maximum atomic E-state index is 14.5. The lowest BCUT2D eigenvalue weighted by atomic mass is 9.93. The second-order valence-corrected chi connectivity index (χ2v) is 13.5. The van der Waals surface area contributed by atoms with Crippen molar-refractivity contribution in [3.63, 3.8) is 0 Å². The van der Waals surface area contributed by atoms with Gasteiger partial charge in [0, 0.05) is 13.1 Å². The van der Waals surface area contributed by atoms with Crippen LogP contribution in [0.15, 0.2) is 36.4 Å². The minimum Gasteiger partial charge on any atom is -0.447 e. The number of carbonyl (C=O) groups excluding carboxylic acids is 6. The van der Waals surface area contributed by atoms with Crippen LogP contribution in [-0.2, 0) is 36.8 Å². The molecule has 2 aliphatic carbocycles. The number of ether oxygens (including phenoxy) is 1. The van der Waals surface area contributed by atoms with Crippen molar-refractivity contribution in [1.82, 2.24) is 26.2 Å². The molecule has 1 heterocycles. The lowest BCUT2D eigenvalue weighted by Crippen LogP contribution is -2.61. The maximum absolute atomic E-state index is 14.5. The first kappa shape index (κ1) is 35.4. The zero-order valence-corrected chi connectivity index (χ0v) is 27.9. The minimum atomic E-state index is -1.13. The number of carbonyl (C=O) groups is 6. The highest BCUT2D eigenvalue weighted by Crippen LogP contribution is 2.65. The van der Waals surface area contributed by atoms with Crippen molar-refractivity contribution < 1.29 is 33.5 Å². The van der Waals surface area contributed by atoms with Crippen LogP contribution in [-0.4, -0.2) is 84.4 Å². The van der Waals surface area contributed by atoms with E-state index in [1.54, 1.807) is 13.8 Å². The molecule has 2 fully saturated rings. The summed E-state index contributed by atoms with van der Waals surface area (Å²) >= 11 is 0. The van der Waals surface area contributed by atoms with Crippen molar-refractivity contribution >= 4 is 35.6 Å². The molecule has 256 valence electrons. The third-order valence-corrected chi connectivity index (χ3v) is 9.92. The van der Waals surface area contributed by atoms with Crippen LogP contribution < -0.4 is 27.0 Å². The van der Waals surface area contributed by atoms with Gasteiger partial charge in [0.05, 0.1) is 12.1 Å². The van der Waals surface area contributed by atoms with Crippen LogP contribution in [0.1, 0.15) is 58.6 Å². The average molecular weight is 653 g/mol. The Labute approximate surface area is 275 Å². The Morgan fingerprint density at radius 2 is 1.66 bits per heavy atom. The molecule has 1 aliphatic heterocycles. The molecule has 1 saturated heterocycles. The highest BCUT2D eigenvalue weighted by molar-refractivity contribution is 6.37. The predicted octanol–water partition coefficient (Wildman–Crippen LogP) is 1.58. The number of benzene rings is 1. The monoisotopic (exact) mass is 652 g/mol. The van der Waals surface area contributed by atoms with Crippen molar-refractivity contribution in [3.05, 3.63) is 47.5 Å². The minimum absolute atomic E-state index is 0.0492. The number of fused-ring (bicyclic) bond motifs is 2. The first-order valence-electron chi connectivity index (χ1n) is 16.3. The van der Waals surface area contributed by atoms with Crippen LogP contribution >= 0.6 is 0 Å². The summed E-state index contributed by atoms with van der Waals surface area (Å²) in [5.41, 5.74) is 7.76. The lowest BCUT2D eigenvalue weighted by Gasteiger charge is -2.35. The van der Waals surface area contributed by atoms with Crippen molar-refractivity contribution in [2.45, 2.75) is 84.5 Å². The summed E-state index contributed by atoms with van der Waals surface area (Å²) in [7, 11) is 0. The van der Waals surface area contributed by atoms with E-state index in [2.05, 4.69) is 27.8 Å². The van der Waals surface area contributed by atoms with E-state index in [1.165, 1.54) is 4.90 Å². The van der Waals surface area contributed by atoms with E-state index < -0.39 is 59.8 Å². The summed E-state index contributed by atoms with van der Waals surface area (Å²) in [6.07, 6.45) is 1.22. The number of nitrogens with zero attached hydrogens (tertiary/aromatic N) is 1. The van der Waals surface area contributed by atoms with Gasteiger partial charge in [-0.25, -0.2) is 9.59 Å². The first-order chi connectivity index (χ1) is 22.2. The zero-order chi connectivity index (χ0) is 34.6. The molecule has 1 unspecified atom stereocenters. The van der Waals surface area contributed by atoms with Crippen LogP contribution in [0.3, 0.4) is 0 Å². The number of nitrogens with two attached hydrogens (primary N) is 1. The van der Waals surface area contributed by atoms with Crippen LogP contribution in [0.4, 0.5) is 9.59 Å². The highest BCUT2D eigenvalue weighted by atomic mass is 16.5. The molecule has 1 aromatic rings. The Morgan fingerprint density at radius 1 is 1.02 bits per heavy atom. The Balaban J connectivity index is 1.58. The van der Waals surface area contributed by atoms with Crippen LogP contribution in [0, 0.1) is 23.2 Å². The molecule has 3 aliphatic rings. The number of nitrogens with one attached hydrogen (secondary N) is 4. The normalized spacial score (nSPS) is 22.5. The number of likely N-dealkylation sites (tertiary alicyclic amines) is 1. The van der Waals surface area contributed by atoms with Crippen molar-refractivity contribution in [3.8, 4) is 0 Å². The summed E-state index contributed by atoms with van der Waals surface area (Å²) in [6, 6.07) is 3.52. The molecule has 6 N–H and O–H groups in total. The molecule has 6 amide bonds. The van der Waals surface area contributed by atoms with Crippen molar-refractivity contribution in [1.29, 1.82) is 0 Å². The second-order valence-electron chi connectivity index (χ2n) is 13.5. The average Bonchev–Trinajstić information content (AvgIpc) is 3.37. The molecule has 6 atom stereocenters. The first-order valence-corrected chi connectivity index (χ1v) is 16.3. The molecular formula is C34H48N6O7. The smallest absolute Gasteiger partial charge is 0.407 e. The predicted molar refractivity (Wildman–Crippen MR) is 174 cm³/mol. The van der Waals surface area contributed by atoms with E-state index >= 15 is 0 Å². The second kappa shape index (κ2) is 14.6. The van der Waals surface area contributed by atoms with Crippen molar-refractivity contribution in [2.75, 3.05) is 19.7 Å². The van der Waals surface area contributed by atoms with Gasteiger partial charge < -0.3 is 36.6 Å². The van der Waals surface area contributed by atoms with Gasteiger partial charge in [0.1, 0.15) is 18.7 Å². The molecule has 0 aromatic heterocycles. The Bertz CT molecular complexity index is 1400. The van der Waals surface area contributed by atoms with Gasteiger partial charge in [0.2, 0.25) is 17.6 Å². The lowest BCUT2D eigenvalue weighted by molar-refractivity contribution is -0.144. The number of hydrogen-bond acceptors (Lipinski definition) is 7. The van der Waals surface area contributed by atoms with Gasteiger partial charge in [-0.3, -0.25) is 19.2 Å². The Morgan fingerprint density at radius 3 is 2.21 bits per heavy atom. The number of Topliss-reactive ketones (excluding diaryl/α,β-unsaturated/α-hetero) is 1. The molecule has 1 saturated carbocycles. The van der Waals surface area contributed by atoms with Crippen molar-refractivity contribution in [2.24, 2.45) is 28.9 Å². The number of ketones is 1. The number of amides is 6. The Kier molecular flexibility index (Phi) is 11.0. The molecule has 4 rings (SSSR count). The molecule has 13 nitrogen and oxygen atoms in total. The molecular weight excluding hydrogens is 604 g/mol. The third kappa shape index (κ3) is 7.77. The fraction of sp³-hybridized carbons (Fsp3) is 0.588. The van der Waals surface area contributed by atoms with Gasteiger partial charge in [-0.1, -0.05) is 63.6 Å². The summed E-state index contributed by atoms with van der Waals surface area (Å²) in [4.78, 5) is 79.5. The number of urea groups is 1. The van der Waals surface area contributed by atoms with Crippen LogP contribution in [0.25, 0.3) is 0 Å². The number of hydrogen-bond donors (Lipinski definition) is 5. The van der Waals surface area contributed by atoms with Gasteiger partial charge >= 0.3 is 12.1 Å². The summed E-state index contributed by atoms with van der Waals surface area (Å²) < 4.78 is 5.21. The SMILES string of the molecule is C=C(C)[C@@H](COC(=O)NCC)NC(=O)N[C@H](C(=O)N1C[C@H]2[C@@H]([C@H]1C(=O)NC(CCC)C(=O)C(N)=O)C2(C)C)C1Cc2ccccc2C1. The molecule has 1 aromatic carbocycles.